The molecular formula is C14H26N2O4. The second-order valence-corrected chi connectivity index (χ2v) is 5.83. The first kappa shape index (κ1) is 16.8. The average Bonchev–Trinajstić information content (AvgIpc) is 2.87. The van der Waals surface area contributed by atoms with Gasteiger partial charge in [-0.3, -0.25) is 0 Å². The van der Waals surface area contributed by atoms with Crippen LogP contribution >= 0.6 is 0 Å². The van der Waals surface area contributed by atoms with Crippen molar-refractivity contribution >= 4 is 12.0 Å². The summed E-state index contributed by atoms with van der Waals surface area (Å²) in [6.45, 7) is 3.99. The van der Waals surface area contributed by atoms with Gasteiger partial charge in [-0.25, -0.2) is 9.59 Å². The Labute approximate surface area is 120 Å². The predicted molar refractivity (Wildman–Crippen MR) is 75.5 cm³/mol. The minimum absolute atomic E-state index is 0.105. The van der Waals surface area contributed by atoms with Crippen LogP contribution in [0.25, 0.3) is 0 Å². The Morgan fingerprint density at radius 3 is 2.35 bits per heavy atom. The van der Waals surface area contributed by atoms with Crippen molar-refractivity contribution in [3.63, 3.8) is 0 Å². The minimum atomic E-state index is -1.01. The van der Waals surface area contributed by atoms with Crippen LogP contribution in [0.2, 0.25) is 0 Å². The van der Waals surface area contributed by atoms with E-state index in [0.29, 0.717) is 6.42 Å². The third kappa shape index (κ3) is 5.00. The summed E-state index contributed by atoms with van der Waals surface area (Å²) < 4.78 is 0. The van der Waals surface area contributed by atoms with E-state index in [2.05, 4.69) is 5.32 Å². The van der Waals surface area contributed by atoms with Crippen molar-refractivity contribution in [3.05, 3.63) is 0 Å². The summed E-state index contributed by atoms with van der Waals surface area (Å²) in [5.41, 5.74) is 0. The normalized spacial score (nSPS) is 17.2. The van der Waals surface area contributed by atoms with Gasteiger partial charge in [-0.1, -0.05) is 26.7 Å². The summed E-state index contributed by atoms with van der Waals surface area (Å²) in [6, 6.07) is -1.13. The second-order valence-electron chi connectivity index (χ2n) is 5.83. The summed E-state index contributed by atoms with van der Waals surface area (Å²) in [6.07, 6.45) is 4.41. The van der Waals surface area contributed by atoms with Crippen LogP contribution in [-0.4, -0.2) is 52.3 Å². The summed E-state index contributed by atoms with van der Waals surface area (Å²) in [5, 5.41) is 20.8. The van der Waals surface area contributed by atoms with E-state index in [1.165, 1.54) is 0 Å². The van der Waals surface area contributed by atoms with Gasteiger partial charge in [0, 0.05) is 12.6 Å². The molecule has 0 saturated heterocycles. The van der Waals surface area contributed by atoms with Crippen LogP contribution in [0.15, 0.2) is 0 Å². The third-order valence-electron chi connectivity index (χ3n) is 3.67. The van der Waals surface area contributed by atoms with Gasteiger partial charge in [0.05, 0.1) is 6.61 Å². The average molecular weight is 286 g/mol. The number of rotatable bonds is 7. The second kappa shape index (κ2) is 8.09. The number of hydrogen-bond acceptors (Lipinski definition) is 3. The van der Waals surface area contributed by atoms with Crippen molar-refractivity contribution < 1.29 is 19.8 Å². The number of carboxylic acids is 1. The Balaban J connectivity index is 2.65. The molecule has 0 spiro atoms. The Morgan fingerprint density at radius 2 is 1.90 bits per heavy atom. The van der Waals surface area contributed by atoms with Crippen LogP contribution in [0, 0.1) is 5.92 Å². The standard InChI is InChI=1S/C14H26N2O4/c1-10(2)9-12(13(18)19)15-14(20)16(7-8-17)11-5-3-4-6-11/h10-12,17H,3-9H2,1-2H3,(H,15,20)(H,18,19). The van der Waals surface area contributed by atoms with Gasteiger partial charge in [0.2, 0.25) is 0 Å². The van der Waals surface area contributed by atoms with Crippen molar-refractivity contribution in [1.82, 2.24) is 10.2 Å². The minimum Gasteiger partial charge on any atom is -0.480 e. The predicted octanol–water partition coefficient (Wildman–Crippen LogP) is 1.43. The number of carboxylic acid groups (broad SMARTS) is 1. The van der Waals surface area contributed by atoms with Crippen molar-refractivity contribution in [1.29, 1.82) is 0 Å². The quantitative estimate of drug-likeness (QED) is 0.660. The number of urea groups is 1. The van der Waals surface area contributed by atoms with Crippen molar-refractivity contribution in [2.45, 2.75) is 58.0 Å². The number of aliphatic hydroxyl groups excluding tert-OH is 1. The Kier molecular flexibility index (Phi) is 6.78. The topological polar surface area (TPSA) is 89.9 Å². The molecule has 1 fully saturated rings. The molecule has 2 amide bonds. The molecule has 1 atom stereocenters. The number of amides is 2. The molecule has 20 heavy (non-hydrogen) atoms. The molecule has 6 heteroatoms. The zero-order chi connectivity index (χ0) is 15.1. The fraction of sp³-hybridized carbons (Fsp3) is 0.857. The molecule has 0 aromatic carbocycles. The summed E-state index contributed by atoms with van der Waals surface area (Å²) in [7, 11) is 0. The fourth-order valence-corrected chi connectivity index (χ4v) is 2.70. The first-order valence-corrected chi connectivity index (χ1v) is 7.36. The monoisotopic (exact) mass is 286 g/mol. The SMILES string of the molecule is CC(C)CC(NC(=O)N(CCO)C1CCCC1)C(=O)O. The van der Waals surface area contributed by atoms with E-state index in [9.17, 15) is 9.59 Å². The molecule has 0 aliphatic heterocycles. The van der Waals surface area contributed by atoms with Crippen LogP contribution < -0.4 is 5.32 Å². The maximum Gasteiger partial charge on any atom is 0.326 e. The summed E-state index contributed by atoms with van der Waals surface area (Å²) in [5.74, 6) is -0.823. The van der Waals surface area contributed by atoms with Gasteiger partial charge in [-0.2, -0.15) is 0 Å². The summed E-state index contributed by atoms with van der Waals surface area (Å²) in [4.78, 5) is 25.0. The van der Waals surface area contributed by atoms with Crippen LogP contribution in [-0.2, 0) is 4.79 Å². The zero-order valence-corrected chi connectivity index (χ0v) is 12.3. The van der Waals surface area contributed by atoms with Gasteiger partial charge < -0.3 is 20.4 Å². The van der Waals surface area contributed by atoms with Crippen molar-refractivity contribution in [2.24, 2.45) is 5.92 Å². The maximum atomic E-state index is 12.3. The van der Waals surface area contributed by atoms with Crippen LogP contribution in [0.5, 0.6) is 0 Å². The lowest BCUT2D eigenvalue weighted by molar-refractivity contribution is -0.139. The number of carbonyl (C=O) groups is 2. The molecule has 1 aliphatic rings. The number of carbonyl (C=O) groups excluding carboxylic acids is 1. The Bertz CT molecular complexity index is 327. The van der Waals surface area contributed by atoms with Gasteiger partial charge in [-0.05, 0) is 25.2 Å². The molecular weight excluding hydrogens is 260 g/mol. The number of aliphatic hydroxyl groups is 1. The maximum absolute atomic E-state index is 12.3. The highest BCUT2D eigenvalue weighted by atomic mass is 16.4. The van der Waals surface area contributed by atoms with E-state index in [4.69, 9.17) is 10.2 Å². The van der Waals surface area contributed by atoms with Gasteiger partial charge in [0.15, 0.2) is 0 Å². The molecule has 0 aromatic heterocycles. The number of aliphatic carboxylic acids is 1. The molecule has 6 nitrogen and oxygen atoms in total. The van der Waals surface area contributed by atoms with E-state index in [1.807, 2.05) is 13.8 Å². The Hall–Kier alpha value is -1.30. The van der Waals surface area contributed by atoms with Crippen molar-refractivity contribution in [2.75, 3.05) is 13.2 Å². The Morgan fingerprint density at radius 1 is 1.30 bits per heavy atom. The lowest BCUT2D eigenvalue weighted by Crippen LogP contribution is -2.52. The molecule has 116 valence electrons. The largest absolute Gasteiger partial charge is 0.480 e. The molecule has 0 bridgehead atoms. The fourth-order valence-electron chi connectivity index (χ4n) is 2.70. The molecule has 0 heterocycles. The third-order valence-corrected chi connectivity index (χ3v) is 3.67. The zero-order valence-electron chi connectivity index (χ0n) is 12.3. The lowest BCUT2D eigenvalue weighted by Gasteiger charge is -2.30. The van der Waals surface area contributed by atoms with Gasteiger partial charge in [-0.15, -0.1) is 0 Å². The summed E-state index contributed by atoms with van der Waals surface area (Å²) >= 11 is 0. The van der Waals surface area contributed by atoms with E-state index in [0.717, 1.165) is 25.7 Å². The molecule has 3 N–H and O–H groups in total. The number of nitrogens with one attached hydrogen (secondary N) is 1. The lowest BCUT2D eigenvalue weighted by atomic mass is 10.0. The number of hydrogen-bond donors (Lipinski definition) is 3. The number of nitrogens with zero attached hydrogens (tertiary/aromatic N) is 1. The van der Waals surface area contributed by atoms with Crippen molar-refractivity contribution in [3.8, 4) is 0 Å². The molecule has 1 saturated carbocycles. The van der Waals surface area contributed by atoms with Gasteiger partial charge >= 0.3 is 12.0 Å². The molecule has 0 aromatic rings. The van der Waals surface area contributed by atoms with E-state index in [-0.39, 0.29) is 31.1 Å². The molecule has 0 radical (unpaired) electrons. The first-order chi connectivity index (χ1) is 9.45. The smallest absolute Gasteiger partial charge is 0.326 e. The van der Waals surface area contributed by atoms with Crippen LogP contribution in [0.1, 0.15) is 46.0 Å². The first-order valence-electron chi connectivity index (χ1n) is 7.36. The van der Waals surface area contributed by atoms with E-state index < -0.39 is 12.0 Å². The van der Waals surface area contributed by atoms with E-state index >= 15 is 0 Å². The van der Waals surface area contributed by atoms with Gasteiger partial charge in [0.1, 0.15) is 6.04 Å². The highest BCUT2D eigenvalue weighted by Crippen LogP contribution is 2.23. The van der Waals surface area contributed by atoms with Crippen LogP contribution in [0.3, 0.4) is 0 Å². The molecule has 1 rings (SSSR count). The van der Waals surface area contributed by atoms with E-state index in [1.54, 1.807) is 4.90 Å². The molecule has 1 unspecified atom stereocenters. The van der Waals surface area contributed by atoms with Gasteiger partial charge in [0.25, 0.3) is 0 Å². The highest BCUT2D eigenvalue weighted by Gasteiger charge is 2.29. The van der Waals surface area contributed by atoms with Crippen LogP contribution in [0.4, 0.5) is 4.79 Å². The highest BCUT2D eigenvalue weighted by molar-refractivity contribution is 5.82. The molecule has 1 aliphatic carbocycles.